The van der Waals surface area contributed by atoms with Crippen molar-refractivity contribution in [2.45, 2.75) is 52.5 Å². The Bertz CT molecular complexity index is 153. The van der Waals surface area contributed by atoms with Crippen molar-refractivity contribution in [2.24, 2.45) is 5.92 Å². The summed E-state index contributed by atoms with van der Waals surface area (Å²) in [7, 11) is 0. The van der Waals surface area contributed by atoms with Crippen LogP contribution in [0.25, 0.3) is 0 Å². The largest absolute Gasteiger partial charge is 0.314 e. The molecule has 0 bridgehead atoms. The molecule has 1 aliphatic rings. The minimum atomic E-state index is 0.631. The van der Waals surface area contributed by atoms with Crippen LogP contribution in [0, 0.1) is 5.92 Å². The van der Waals surface area contributed by atoms with Gasteiger partial charge in [-0.15, -0.1) is 0 Å². The second-order valence-corrected chi connectivity index (χ2v) is 5.15. The molecule has 1 N–H and O–H groups in total. The van der Waals surface area contributed by atoms with Gasteiger partial charge in [-0.3, -0.25) is 0 Å². The highest BCUT2D eigenvalue weighted by Crippen LogP contribution is 2.26. The van der Waals surface area contributed by atoms with Gasteiger partial charge in [0, 0.05) is 12.6 Å². The predicted molar refractivity (Wildman–Crippen MR) is 67.2 cm³/mol. The van der Waals surface area contributed by atoms with Crippen molar-refractivity contribution in [2.75, 3.05) is 26.2 Å². The Morgan fingerprint density at radius 3 is 2.53 bits per heavy atom. The molecule has 1 rings (SSSR count). The van der Waals surface area contributed by atoms with Gasteiger partial charge in [0.25, 0.3) is 0 Å². The molecule has 0 aromatic heterocycles. The maximum atomic E-state index is 3.48. The lowest BCUT2D eigenvalue weighted by atomic mass is 9.85. The third-order valence-electron chi connectivity index (χ3n) is 3.39. The first kappa shape index (κ1) is 13.0. The zero-order chi connectivity index (χ0) is 11.1. The van der Waals surface area contributed by atoms with Crippen molar-refractivity contribution >= 4 is 0 Å². The maximum absolute atomic E-state index is 3.48. The molecule has 1 fully saturated rings. The Hall–Kier alpha value is -0.0800. The fraction of sp³-hybridized carbons (Fsp3) is 1.00. The van der Waals surface area contributed by atoms with Gasteiger partial charge in [0.05, 0.1) is 0 Å². The van der Waals surface area contributed by atoms with Gasteiger partial charge >= 0.3 is 0 Å². The molecule has 0 aromatic carbocycles. The summed E-state index contributed by atoms with van der Waals surface area (Å²) in [6.45, 7) is 11.7. The molecule has 15 heavy (non-hydrogen) atoms. The monoisotopic (exact) mass is 212 g/mol. The minimum absolute atomic E-state index is 0.631. The molecule has 0 heterocycles. The second-order valence-electron chi connectivity index (χ2n) is 5.15. The summed E-state index contributed by atoms with van der Waals surface area (Å²) in [5.74, 6) is 1.02. The van der Waals surface area contributed by atoms with Crippen molar-refractivity contribution in [3.8, 4) is 0 Å². The average molecular weight is 212 g/mol. The SMILES string of the molecule is CCN(CCCNC(C)C)CC1CCC1. The normalized spacial score (nSPS) is 17.4. The number of hydrogen-bond acceptors (Lipinski definition) is 2. The average Bonchev–Trinajstić information content (AvgIpc) is 2.13. The smallest absolute Gasteiger partial charge is 0.00103 e. The third-order valence-corrected chi connectivity index (χ3v) is 3.39. The Morgan fingerprint density at radius 2 is 2.07 bits per heavy atom. The van der Waals surface area contributed by atoms with E-state index in [0.717, 1.165) is 5.92 Å². The van der Waals surface area contributed by atoms with Crippen LogP contribution in [0.4, 0.5) is 0 Å². The molecular weight excluding hydrogens is 184 g/mol. The van der Waals surface area contributed by atoms with Gasteiger partial charge in [-0.05, 0) is 44.8 Å². The molecule has 0 aromatic rings. The zero-order valence-electron chi connectivity index (χ0n) is 10.8. The Morgan fingerprint density at radius 1 is 1.33 bits per heavy atom. The highest BCUT2D eigenvalue weighted by atomic mass is 15.1. The van der Waals surface area contributed by atoms with Gasteiger partial charge in [0.2, 0.25) is 0 Å². The van der Waals surface area contributed by atoms with E-state index in [-0.39, 0.29) is 0 Å². The lowest BCUT2D eigenvalue weighted by Gasteiger charge is -2.31. The summed E-state index contributed by atoms with van der Waals surface area (Å²) in [5, 5.41) is 3.48. The molecule has 0 radical (unpaired) electrons. The molecule has 0 saturated heterocycles. The van der Waals surface area contributed by atoms with Crippen LogP contribution in [-0.2, 0) is 0 Å². The van der Waals surface area contributed by atoms with Crippen molar-refractivity contribution in [1.29, 1.82) is 0 Å². The number of nitrogens with one attached hydrogen (secondary N) is 1. The first-order valence-electron chi connectivity index (χ1n) is 6.68. The Labute approximate surface area is 95.4 Å². The summed E-state index contributed by atoms with van der Waals surface area (Å²) in [5.41, 5.74) is 0. The van der Waals surface area contributed by atoms with Gasteiger partial charge in [0.15, 0.2) is 0 Å². The van der Waals surface area contributed by atoms with Crippen LogP contribution in [0.5, 0.6) is 0 Å². The van der Waals surface area contributed by atoms with Gasteiger partial charge in [-0.1, -0.05) is 27.2 Å². The van der Waals surface area contributed by atoms with Crippen LogP contribution in [0.1, 0.15) is 46.5 Å². The van der Waals surface area contributed by atoms with Crippen molar-refractivity contribution in [3.05, 3.63) is 0 Å². The van der Waals surface area contributed by atoms with E-state index in [1.165, 1.54) is 51.9 Å². The van der Waals surface area contributed by atoms with Gasteiger partial charge < -0.3 is 10.2 Å². The summed E-state index contributed by atoms with van der Waals surface area (Å²) < 4.78 is 0. The van der Waals surface area contributed by atoms with Crippen LogP contribution in [0.15, 0.2) is 0 Å². The molecule has 0 spiro atoms. The Balaban J connectivity index is 2.00. The first-order chi connectivity index (χ1) is 7.22. The quantitative estimate of drug-likeness (QED) is 0.622. The van der Waals surface area contributed by atoms with Crippen LogP contribution in [0.3, 0.4) is 0 Å². The molecule has 90 valence electrons. The topological polar surface area (TPSA) is 15.3 Å². The lowest BCUT2D eigenvalue weighted by Crippen LogP contribution is -2.35. The predicted octanol–water partition coefficient (Wildman–Crippen LogP) is 2.50. The fourth-order valence-corrected chi connectivity index (χ4v) is 2.11. The molecule has 1 aliphatic carbocycles. The second kappa shape index (κ2) is 7.24. The molecule has 0 unspecified atom stereocenters. The Kier molecular flexibility index (Phi) is 6.26. The number of hydrogen-bond donors (Lipinski definition) is 1. The van der Waals surface area contributed by atoms with Crippen molar-refractivity contribution in [1.82, 2.24) is 10.2 Å². The minimum Gasteiger partial charge on any atom is -0.314 e. The summed E-state index contributed by atoms with van der Waals surface area (Å²) in [6, 6.07) is 0.631. The van der Waals surface area contributed by atoms with E-state index in [0.29, 0.717) is 6.04 Å². The van der Waals surface area contributed by atoms with Crippen LogP contribution in [0.2, 0.25) is 0 Å². The van der Waals surface area contributed by atoms with Crippen LogP contribution in [-0.4, -0.2) is 37.1 Å². The van der Waals surface area contributed by atoms with Gasteiger partial charge in [-0.2, -0.15) is 0 Å². The van der Waals surface area contributed by atoms with Crippen molar-refractivity contribution in [3.63, 3.8) is 0 Å². The van der Waals surface area contributed by atoms with Crippen LogP contribution < -0.4 is 5.32 Å². The molecule has 2 heteroatoms. The highest BCUT2D eigenvalue weighted by molar-refractivity contribution is 4.73. The molecule has 2 nitrogen and oxygen atoms in total. The molecule has 0 aliphatic heterocycles. The van der Waals surface area contributed by atoms with E-state index < -0.39 is 0 Å². The molecule has 0 amide bonds. The van der Waals surface area contributed by atoms with E-state index in [4.69, 9.17) is 0 Å². The first-order valence-corrected chi connectivity index (χ1v) is 6.68. The van der Waals surface area contributed by atoms with E-state index in [9.17, 15) is 0 Å². The number of nitrogens with zero attached hydrogens (tertiary/aromatic N) is 1. The highest BCUT2D eigenvalue weighted by Gasteiger charge is 2.19. The van der Waals surface area contributed by atoms with Crippen LogP contribution >= 0.6 is 0 Å². The van der Waals surface area contributed by atoms with E-state index in [1.54, 1.807) is 0 Å². The van der Waals surface area contributed by atoms with E-state index in [1.807, 2.05) is 0 Å². The lowest BCUT2D eigenvalue weighted by molar-refractivity contribution is 0.182. The van der Waals surface area contributed by atoms with E-state index >= 15 is 0 Å². The molecule has 0 atom stereocenters. The van der Waals surface area contributed by atoms with Gasteiger partial charge in [0.1, 0.15) is 0 Å². The standard InChI is InChI=1S/C13H28N2/c1-4-15(11-13-7-5-8-13)10-6-9-14-12(2)3/h12-14H,4-11H2,1-3H3. The summed E-state index contributed by atoms with van der Waals surface area (Å²) in [6.07, 6.45) is 5.71. The van der Waals surface area contributed by atoms with Gasteiger partial charge in [-0.25, -0.2) is 0 Å². The fourth-order valence-electron chi connectivity index (χ4n) is 2.11. The number of rotatable bonds is 8. The molecular formula is C13H28N2. The summed E-state index contributed by atoms with van der Waals surface area (Å²) >= 11 is 0. The van der Waals surface area contributed by atoms with Crippen molar-refractivity contribution < 1.29 is 0 Å². The third kappa shape index (κ3) is 5.53. The van der Waals surface area contributed by atoms with E-state index in [2.05, 4.69) is 31.0 Å². The zero-order valence-corrected chi connectivity index (χ0v) is 10.8. The maximum Gasteiger partial charge on any atom is 0.00103 e. The molecule has 1 saturated carbocycles. The summed E-state index contributed by atoms with van der Waals surface area (Å²) in [4.78, 5) is 2.62.